The highest BCUT2D eigenvalue weighted by molar-refractivity contribution is 9.10. The molecule has 0 amide bonds. The van der Waals surface area contributed by atoms with Gasteiger partial charge in [0.25, 0.3) is 0 Å². The van der Waals surface area contributed by atoms with Gasteiger partial charge in [-0.25, -0.2) is 15.0 Å². The molecule has 0 saturated heterocycles. The number of aromatic nitrogens is 4. The molecular weight excluding hydrogens is 442 g/mol. The van der Waals surface area contributed by atoms with Crippen LogP contribution in [0.2, 0.25) is 0 Å². The third-order valence-corrected chi connectivity index (χ3v) is 6.14. The Kier molecular flexibility index (Phi) is 4.33. The molecule has 3 aliphatic rings. The maximum atomic E-state index is 6.05. The Morgan fingerprint density at radius 3 is 2.71 bits per heavy atom. The van der Waals surface area contributed by atoms with Gasteiger partial charge >= 0.3 is 0 Å². The van der Waals surface area contributed by atoms with Gasteiger partial charge < -0.3 is 19.8 Å². The van der Waals surface area contributed by atoms with E-state index in [1.165, 1.54) is 11.8 Å². The van der Waals surface area contributed by atoms with Crippen LogP contribution in [0.25, 0.3) is 11.5 Å². The van der Waals surface area contributed by atoms with Gasteiger partial charge in [0, 0.05) is 9.37 Å². The number of hydrogen-bond acceptors (Lipinski definition) is 7. The van der Waals surface area contributed by atoms with Crippen LogP contribution in [0.5, 0.6) is 11.5 Å². The Bertz CT molecular complexity index is 1130. The summed E-state index contributed by atoms with van der Waals surface area (Å²) in [6.07, 6.45) is 1.70. The van der Waals surface area contributed by atoms with Crippen molar-refractivity contribution in [2.75, 3.05) is 12.5 Å². The number of benzene rings is 2. The van der Waals surface area contributed by atoms with Gasteiger partial charge in [0.15, 0.2) is 34.0 Å². The summed E-state index contributed by atoms with van der Waals surface area (Å²) >= 11 is 5.00. The Morgan fingerprint density at radius 1 is 1.11 bits per heavy atom. The van der Waals surface area contributed by atoms with Crippen molar-refractivity contribution in [1.29, 1.82) is 0 Å². The molecule has 5 rings (SSSR count). The molecule has 0 saturated carbocycles. The second kappa shape index (κ2) is 6.99. The standard InChI is InChI=1S/C19H14BrN5O2S/c20-12-6-13-14(27-10-26-13)7-15(12)28-19-23-16-17(21)22-9-25(18(16)24-19)8-11-4-2-1-3-5-11/h1-7,9H,8,10,21H2. The van der Waals surface area contributed by atoms with E-state index < -0.39 is 0 Å². The van der Waals surface area contributed by atoms with Crippen molar-refractivity contribution in [2.45, 2.75) is 16.6 Å². The molecule has 0 atom stereocenters. The molecule has 0 radical (unpaired) electrons. The number of nitrogen functional groups attached to an aromatic ring is 1. The fourth-order valence-corrected chi connectivity index (χ4v) is 4.30. The van der Waals surface area contributed by atoms with E-state index in [2.05, 4.69) is 38.0 Å². The van der Waals surface area contributed by atoms with E-state index >= 15 is 0 Å². The topological polar surface area (TPSA) is 88.1 Å². The maximum absolute atomic E-state index is 6.05. The molecule has 0 fully saturated rings. The number of halogens is 1. The number of nitrogens with zero attached hydrogens (tertiary/aromatic N) is 4. The van der Waals surface area contributed by atoms with E-state index in [0.29, 0.717) is 34.8 Å². The molecule has 0 unspecified atom stereocenters. The van der Waals surface area contributed by atoms with Crippen molar-refractivity contribution >= 4 is 33.5 Å². The Labute approximate surface area is 173 Å². The number of nitrogens with two attached hydrogens (primary N) is 1. The SMILES string of the molecule is Nc1ncn(Cc2ccccc2)c2nc(Sc3cc4c(cc3Br)OCO4)nc1-2. The van der Waals surface area contributed by atoms with Gasteiger partial charge in [0.05, 0.1) is 12.9 Å². The minimum atomic E-state index is 0.231. The van der Waals surface area contributed by atoms with Crippen molar-refractivity contribution in [3.63, 3.8) is 0 Å². The second-order valence-electron chi connectivity index (χ2n) is 6.16. The van der Waals surface area contributed by atoms with E-state index in [-0.39, 0.29) is 6.79 Å². The fraction of sp³-hybridized carbons (Fsp3) is 0.105. The van der Waals surface area contributed by atoms with Crippen LogP contribution in [0.1, 0.15) is 5.56 Å². The second-order valence-corrected chi connectivity index (χ2v) is 8.02. The lowest BCUT2D eigenvalue weighted by Crippen LogP contribution is -2.09. The first-order valence-corrected chi connectivity index (χ1v) is 10.1. The summed E-state index contributed by atoms with van der Waals surface area (Å²) in [6, 6.07) is 13.9. The summed E-state index contributed by atoms with van der Waals surface area (Å²) in [7, 11) is 0. The number of imidazole rings is 1. The Hall–Kier alpha value is -2.78. The lowest BCUT2D eigenvalue weighted by molar-refractivity contribution is 0.174. The number of hydrogen-bond donors (Lipinski definition) is 1. The lowest BCUT2D eigenvalue weighted by Gasteiger charge is -2.11. The highest BCUT2D eigenvalue weighted by Gasteiger charge is 2.22. The van der Waals surface area contributed by atoms with Gasteiger partial charge in [-0.2, -0.15) is 0 Å². The zero-order valence-electron chi connectivity index (χ0n) is 14.5. The van der Waals surface area contributed by atoms with Crippen LogP contribution in [0.15, 0.2) is 63.3 Å². The summed E-state index contributed by atoms with van der Waals surface area (Å²) in [5, 5.41) is 0.594. The summed E-state index contributed by atoms with van der Waals surface area (Å²) in [4.78, 5) is 14.5. The third-order valence-electron chi connectivity index (χ3n) is 4.30. The molecule has 140 valence electrons. The molecule has 0 aliphatic carbocycles. The van der Waals surface area contributed by atoms with Crippen LogP contribution in [0, 0.1) is 0 Å². The molecule has 2 aromatic carbocycles. The Morgan fingerprint density at radius 2 is 1.89 bits per heavy atom. The molecule has 0 spiro atoms. The molecule has 0 aromatic heterocycles. The number of rotatable bonds is 4. The van der Waals surface area contributed by atoms with Crippen LogP contribution in [0.3, 0.4) is 0 Å². The van der Waals surface area contributed by atoms with Crippen LogP contribution >= 0.6 is 27.7 Å². The highest BCUT2D eigenvalue weighted by Crippen LogP contribution is 2.43. The maximum Gasteiger partial charge on any atom is 0.231 e. The zero-order chi connectivity index (χ0) is 19.1. The molecular formula is C19H14BrN5O2S. The van der Waals surface area contributed by atoms with Gasteiger partial charge in [0.2, 0.25) is 6.79 Å². The predicted molar refractivity (Wildman–Crippen MR) is 109 cm³/mol. The van der Waals surface area contributed by atoms with Crippen molar-refractivity contribution < 1.29 is 9.47 Å². The molecule has 3 heterocycles. The minimum absolute atomic E-state index is 0.231. The molecule has 0 bridgehead atoms. The first kappa shape index (κ1) is 17.3. The highest BCUT2D eigenvalue weighted by atomic mass is 79.9. The summed E-state index contributed by atoms with van der Waals surface area (Å²) in [5.41, 5.74) is 7.79. The van der Waals surface area contributed by atoms with Crippen LogP contribution in [0.4, 0.5) is 5.82 Å². The molecule has 2 aromatic rings. The first-order chi connectivity index (χ1) is 13.7. The van der Waals surface area contributed by atoms with Gasteiger partial charge in [-0.1, -0.05) is 30.3 Å². The number of ether oxygens (including phenoxy) is 2. The van der Waals surface area contributed by atoms with Crippen LogP contribution < -0.4 is 15.2 Å². The van der Waals surface area contributed by atoms with E-state index in [9.17, 15) is 0 Å². The van der Waals surface area contributed by atoms with Gasteiger partial charge in [-0.3, -0.25) is 0 Å². The average Bonchev–Trinajstić information content (AvgIpc) is 3.32. The van der Waals surface area contributed by atoms with E-state index in [1.54, 1.807) is 6.33 Å². The number of anilines is 1. The Balaban J connectivity index is 1.50. The molecule has 7 nitrogen and oxygen atoms in total. The minimum Gasteiger partial charge on any atom is -0.454 e. The fourth-order valence-electron chi connectivity index (χ4n) is 2.95. The van der Waals surface area contributed by atoms with Crippen molar-refractivity contribution in [1.82, 2.24) is 19.5 Å². The largest absolute Gasteiger partial charge is 0.454 e. The van der Waals surface area contributed by atoms with E-state index in [0.717, 1.165) is 20.7 Å². The van der Waals surface area contributed by atoms with Crippen molar-refractivity contribution in [2.24, 2.45) is 0 Å². The molecule has 2 N–H and O–H groups in total. The van der Waals surface area contributed by atoms with Crippen molar-refractivity contribution in [3.05, 3.63) is 58.8 Å². The third kappa shape index (κ3) is 3.16. The first-order valence-electron chi connectivity index (χ1n) is 8.46. The van der Waals surface area contributed by atoms with Gasteiger partial charge in [-0.15, -0.1) is 0 Å². The summed E-state index contributed by atoms with van der Waals surface area (Å²) in [6.45, 7) is 0.871. The summed E-state index contributed by atoms with van der Waals surface area (Å²) in [5.74, 6) is 2.50. The normalized spacial score (nSPS) is 12.6. The van der Waals surface area contributed by atoms with E-state index in [1.807, 2.05) is 34.9 Å². The number of fused-ring (bicyclic) bond motifs is 2. The monoisotopic (exact) mass is 455 g/mol. The van der Waals surface area contributed by atoms with Crippen molar-refractivity contribution in [3.8, 4) is 23.0 Å². The van der Waals surface area contributed by atoms with Gasteiger partial charge in [-0.05, 0) is 45.4 Å². The molecule has 3 aliphatic heterocycles. The summed E-state index contributed by atoms with van der Waals surface area (Å²) < 4.78 is 13.7. The predicted octanol–water partition coefficient (Wildman–Crippen LogP) is 4.05. The molecule has 28 heavy (non-hydrogen) atoms. The zero-order valence-corrected chi connectivity index (χ0v) is 16.9. The van der Waals surface area contributed by atoms with Crippen LogP contribution in [-0.4, -0.2) is 26.3 Å². The molecule has 9 heteroatoms. The lowest BCUT2D eigenvalue weighted by atomic mass is 10.2. The quantitative estimate of drug-likeness (QED) is 0.496. The van der Waals surface area contributed by atoms with Gasteiger partial charge in [0.1, 0.15) is 0 Å². The average molecular weight is 456 g/mol. The van der Waals surface area contributed by atoms with E-state index in [4.69, 9.17) is 20.2 Å². The van der Waals surface area contributed by atoms with Crippen LogP contribution in [-0.2, 0) is 6.54 Å². The smallest absolute Gasteiger partial charge is 0.231 e.